The molecular weight excluding hydrogens is 487 g/mol. The van der Waals surface area contributed by atoms with Crippen LogP contribution in [-0.4, -0.2) is 25.8 Å². The fraction of sp³-hybridized carbons (Fsp3) is 0.179. The molecule has 0 saturated heterocycles. The fourth-order valence-electron chi connectivity index (χ4n) is 3.89. The van der Waals surface area contributed by atoms with E-state index in [0.29, 0.717) is 22.6 Å². The van der Waals surface area contributed by atoms with E-state index in [0.717, 1.165) is 23.0 Å². The van der Waals surface area contributed by atoms with E-state index in [4.69, 9.17) is 9.84 Å². The lowest BCUT2D eigenvalue weighted by Gasteiger charge is -2.14. The molecular formula is C28H27FN6O3. The van der Waals surface area contributed by atoms with Crippen LogP contribution >= 0.6 is 0 Å². The second-order valence-corrected chi connectivity index (χ2v) is 9.99. The smallest absolute Gasteiger partial charge is 0.324 e. The van der Waals surface area contributed by atoms with Gasteiger partial charge in [0, 0.05) is 17.5 Å². The number of nitrogens with zero attached hydrogens (tertiary/aromatic N) is 2. The number of aromatic amines is 2. The number of imidazole rings is 1. The third-order valence-corrected chi connectivity index (χ3v) is 5.93. The molecule has 0 fully saturated rings. The van der Waals surface area contributed by atoms with Gasteiger partial charge in [-0.3, -0.25) is 5.32 Å². The van der Waals surface area contributed by atoms with E-state index >= 15 is 0 Å². The molecule has 0 aliphatic heterocycles. The predicted octanol–water partition coefficient (Wildman–Crippen LogP) is 6.22. The minimum absolute atomic E-state index is 0.0273. The lowest BCUT2D eigenvalue weighted by atomic mass is 9.92. The number of H-pyrrole nitrogens is 2. The zero-order valence-corrected chi connectivity index (χ0v) is 21.3. The van der Waals surface area contributed by atoms with Crippen molar-refractivity contribution in [3.63, 3.8) is 0 Å². The lowest BCUT2D eigenvalue weighted by molar-refractivity contribution is 0.262. The molecule has 2 aromatic heterocycles. The number of hydrogen-bond donors (Lipinski definition) is 4. The summed E-state index contributed by atoms with van der Waals surface area (Å²) in [5.41, 5.74) is 3.08. The maximum atomic E-state index is 14.9. The Morgan fingerprint density at radius 1 is 1.00 bits per heavy atom. The van der Waals surface area contributed by atoms with E-state index in [1.807, 2.05) is 52.0 Å². The zero-order chi connectivity index (χ0) is 27.0. The molecule has 2 heterocycles. The largest absolute Gasteiger partial charge is 0.455 e. The van der Waals surface area contributed by atoms with Gasteiger partial charge in [-0.2, -0.15) is 5.10 Å². The first-order valence-corrected chi connectivity index (χ1v) is 12.0. The van der Waals surface area contributed by atoms with Gasteiger partial charge >= 0.3 is 11.7 Å². The number of anilines is 2. The van der Waals surface area contributed by atoms with Crippen LogP contribution in [0.4, 0.5) is 20.7 Å². The molecule has 4 N–H and O–H groups in total. The molecule has 9 nitrogen and oxygen atoms in total. The Labute approximate surface area is 217 Å². The molecule has 3 aromatic carbocycles. The number of aryl methyl sites for hydroxylation is 1. The Balaban J connectivity index is 1.34. The van der Waals surface area contributed by atoms with Gasteiger partial charge in [0.25, 0.3) is 0 Å². The van der Waals surface area contributed by atoms with E-state index in [1.165, 1.54) is 12.1 Å². The highest BCUT2D eigenvalue weighted by atomic mass is 19.1. The average Bonchev–Trinajstić information content (AvgIpc) is 3.45. The molecule has 0 bridgehead atoms. The Morgan fingerprint density at radius 2 is 1.76 bits per heavy atom. The van der Waals surface area contributed by atoms with Crippen LogP contribution in [0.5, 0.6) is 11.5 Å². The first-order chi connectivity index (χ1) is 18.1. The van der Waals surface area contributed by atoms with Crippen molar-refractivity contribution in [3.8, 4) is 17.2 Å². The van der Waals surface area contributed by atoms with Crippen molar-refractivity contribution in [1.29, 1.82) is 0 Å². The van der Waals surface area contributed by atoms with Crippen LogP contribution in [0.25, 0.3) is 16.7 Å². The summed E-state index contributed by atoms with van der Waals surface area (Å²) >= 11 is 0. The number of carbonyl (C=O) groups is 1. The summed E-state index contributed by atoms with van der Waals surface area (Å²) in [6, 6.07) is 18.1. The summed E-state index contributed by atoms with van der Waals surface area (Å²) in [7, 11) is 0. The highest BCUT2D eigenvalue weighted by Gasteiger charge is 2.22. The molecule has 0 saturated carbocycles. The molecule has 194 valence electrons. The number of para-hydroxylation sites is 1. The van der Waals surface area contributed by atoms with Crippen molar-refractivity contribution in [2.75, 3.05) is 10.6 Å². The number of rotatable bonds is 5. The van der Waals surface area contributed by atoms with Gasteiger partial charge in [0.15, 0.2) is 5.75 Å². The maximum Gasteiger partial charge on any atom is 0.324 e. The molecule has 0 atom stereocenters. The maximum absolute atomic E-state index is 14.9. The quantitative estimate of drug-likeness (QED) is 0.223. The van der Waals surface area contributed by atoms with E-state index in [9.17, 15) is 14.0 Å². The number of nitrogens with one attached hydrogen (secondary N) is 4. The highest BCUT2D eigenvalue weighted by Crippen LogP contribution is 2.30. The molecule has 2 amide bonds. The van der Waals surface area contributed by atoms with Gasteiger partial charge in [0.1, 0.15) is 22.9 Å². The summed E-state index contributed by atoms with van der Waals surface area (Å²) in [6.45, 7) is 8.09. The minimum Gasteiger partial charge on any atom is -0.455 e. The minimum atomic E-state index is -0.685. The number of benzene rings is 3. The highest BCUT2D eigenvalue weighted by molar-refractivity contribution is 5.99. The predicted molar refractivity (Wildman–Crippen MR) is 145 cm³/mol. The third kappa shape index (κ3) is 5.15. The summed E-state index contributed by atoms with van der Waals surface area (Å²) < 4.78 is 22.3. The van der Waals surface area contributed by atoms with Crippen molar-refractivity contribution < 1.29 is 13.9 Å². The molecule has 0 spiro atoms. The van der Waals surface area contributed by atoms with Crippen molar-refractivity contribution in [3.05, 3.63) is 94.3 Å². The molecule has 5 aromatic rings. The van der Waals surface area contributed by atoms with E-state index in [2.05, 4.69) is 20.6 Å². The molecule has 38 heavy (non-hydrogen) atoms. The normalized spacial score (nSPS) is 11.5. The van der Waals surface area contributed by atoms with Crippen molar-refractivity contribution in [2.45, 2.75) is 33.1 Å². The molecule has 0 radical (unpaired) electrons. The van der Waals surface area contributed by atoms with Crippen LogP contribution in [-0.2, 0) is 5.41 Å². The van der Waals surface area contributed by atoms with E-state index in [-0.39, 0.29) is 22.5 Å². The van der Waals surface area contributed by atoms with Crippen LogP contribution in [0.1, 0.15) is 32.0 Å². The summed E-state index contributed by atoms with van der Waals surface area (Å²) in [4.78, 5) is 29.8. The number of amides is 2. The van der Waals surface area contributed by atoms with E-state index in [1.54, 1.807) is 28.9 Å². The van der Waals surface area contributed by atoms with Crippen molar-refractivity contribution in [1.82, 2.24) is 19.7 Å². The Bertz CT molecular complexity index is 1690. The third-order valence-electron chi connectivity index (χ3n) is 5.93. The number of ether oxygens (including phenoxy) is 1. The van der Waals surface area contributed by atoms with Crippen LogP contribution in [0.2, 0.25) is 0 Å². The summed E-state index contributed by atoms with van der Waals surface area (Å²) in [6.07, 6.45) is 0. The zero-order valence-electron chi connectivity index (χ0n) is 21.3. The number of fused-ring (bicyclic) bond motifs is 1. The molecule has 0 aliphatic carbocycles. The second-order valence-electron chi connectivity index (χ2n) is 9.99. The monoisotopic (exact) mass is 514 g/mol. The van der Waals surface area contributed by atoms with Crippen molar-refractivity contribution in [2.24, 2.45) is 0 Å². The van der Waals surface area contributed by atoms with Crippen LogP contribution < -0.4 is 21.1 Å². The number of halogens is 1. The van der Waals surface area contributed by atoms with Crippen LogP contribution in [0, 0.1) is 12.7 Å². The molecule has 10 heteroatoms. The van der Waals surface area contributed by atoms with Gasteiger partial charge in [-0.25, -0.2) is 18.7 Å². The number of urea groups is 1. The SMILES string of the molecule is Cc1ccc(-n2nc(C(C)(C)C)cc2NC(=O)Nc2ccc(Oc3cccc4[nH]c(=O)[nH]c34)cc2F)cc1. The molecule has 0 unspecified atom stereocenters. The first kappa shape index (κ1) is 24.8. The number of hydrogen-bond acceptors (Lipinski definition) is 4. The van der Waals surface area contributed by atoms with Gasteiger partial charge in [-0.05, 0) is 43.3 Å². The van der Waals surface area contributed by atoms with E-state index < -0.39 is 11.8 Å². The summed E-state index contributed by atoms with van der Waals surface area (Å²) in [5.74, 6) is 0.327. The Kier molecular flexibility index (Phi) is 6.23. The topological polar surface area (TPSA) is 117 Å². The van der Waals surface area contributed by atoms with Gasteiger partial charge in [-0.1, -0.05) is 44.5 Å². The van der Waals surface area contributed by atoms with Gasteiger partial charge < -0.3 is 20.0 Å². The second kappa shape index (κ2) is 9.55. The number of carbonyl (C=O) groups excluding carboxylic acids is 1. The fourth-order valence-corrected chi connectivity index (χ4v) is 3.89. The lowest BCUT2D eigenvalue weighted by Crippen LogP contribution is -2.22. The van der Waals surface area contributed by atoms with Crippen LogP contribution in [0.15, 0.2) is 71.5 Å². The summed E-state index contributed by atoms with van der Waals surface area (Å²) in [5, 5.41) is 10.0. The molecule has 0 aliphatic rings. The first-order valence-electron chi connectivity index (χ1n) is 12.0. The van der Waals surface area contributed by atoms with Crippen molar-refractivity contribution >= 4 is 28.6 Å². The van der Waals surface area contributed by atoms with Crippen LogP contribution in [0.3, 0.4) is 0 Å². The van der Waals surface area contributed by atoms with Gasteiger partial charge in [-0.15, -0.1) is 0 Å². The van der Waals surface area contributed by atoms with Gasteiger partial charge in [0.05, 0.1) is 22.6 Å². The van der Waals surface area contributed by atoms with Gasteiger partial charge in [0.2, 0.25) is 0 Å². The molecule has 5 rings (SSSR count). The number of aromatic nitrogens is 4. The average molecular weight is 515 g/mol. The standard InChI is InChI=1S/C28H27FN6O3/c1-16-8-10-17(11-9-16)35-24(15-23(34-35)28(2,3)4)32-26(36)30-20-13-12-18(14-19(20)29)38-22-7-5-6-21-25(22)33-27(37)31-21/h5-15H,1-4H3,(H2,30,32,36)(H2,31,33,37). The Hall–Kier alpha value is -4.86. The Morgan fingerprint density at radius 3 is 2.47 bits per heavy atom.